The summed E-state index contributed by atoms with van der Waals surface area (Å²) in [6.07, 6.45) is 12.0. The third-order valence-corrected chi connectivity index (χ3v) is 17.8. The van der Waals surface area contributed by atoms with Gasteiger partial charge >= 0.3 is 0 Å². The first kappa shape index (κ1) is 79.5. The fourth-order valence-corrected chi connectivity index (χ4v) is 12.1. The number of aliphatic hydroxyl groups is 12. The summed E-state index contributed by atoms with van der Waals surface area (Å²) in [5.41, 5.74) is 0. The van der Waals surface area contributed by atoms with Gasteiger partial charge in [0.05, 0.1) is 38.6 Å². The van der Waals surface area contributed by atoms with E-state index in [4.69, 9.17) is 28.4 Å². The molecular weight excluding hydrogens is 1130 g/mol. The van der Waals surface area contributed by atoms with Crippen LogP contribution >= 0.6 is 0 Å². The Balaban J connectivity index is 1.68. The van der Waals surface area contributed by atoms with Crippen molar-refractivity contribution in [2.75, 3.05) is 26.4 Å². The van der Waals surface area contributed by atoms with E-state index in [0.29, 0.717) is 12.8 Å². The lowest BCUT2D eigenvalue weighted by molar-refractivity contribution is -0.387. The number of ether oxygens (including phenoxy) is 6. The molecule has 0 saturated carbocycles. The standard InChI is InChI=1S/C65H124N2O20/c1-4-6-8-10-12-14-16-18-19-20-21-22-23-24-25-26-28-30-32-34-36-38-40-48(73)62(81)67-46(53(74)47(72)39-37-35-33-31-29-27-17-15-13-11-9-7-5-2)44-82-65-61(87-64-59(80)58(79)55(76)50(42-69)84-64)60(56(77)51(43-70)85-65)86-63-52(66-45(3)71)57(78)54(75)49(41-68)83-63/h46-61,63-65,68-70,72-80H,4-44H2,1-3H3,(H,66,71)(H,67,81)/t46-,47+,48+,49+,50+,51+,52+,53-,54-,55-,56-,57+,58-,59+,60-,61+,63+,64+,65-/m0/s1. The van der Waals surface area contributed by atoms with E-state index in [1.807, 2.05) is 0 Å². The van der Waals surface area contributed by atoms with Crippen LogP contribution < -0.4 is 10.6 Å². The third kappa shape index (κ3) is 30.7. The second kappa shape index (κ2) is 48.0. The van der Waals surface area contributed by atoms with Gasteiger partial charge in [-0.15, -0.1) is 0 Å². The van der Waals surface area contributed by atoms with Gasteiger partial charge in [-0.1, -0.05) is 239 Å². The largest absolute Gasteiger partial charge is 0.394 e. The van der Waals surface area contributed by atoms with Gasteiger partial charge in [0.2, 0.25) is 11.8 Å². The van der Waals surface area contributed by atoms with Crippen LogP contribution in [0, 0.1) is 0 Å². The summed E-state index contributed by atoms with van der Waals surface area (Å²) in [7, 11) is 0. The van der Waals surface area contributed by atoms with Gasteiger partial charge in [0, 0.05) is 6.92 Å². The molecule has 3 rings (SSSR count). The lowest BCUT2D eigenvalue weighted by atomic mass is 9.95. The van der Waals surface area contributed by atoms with Gasteiger partial charge in [-0.25, -0.2) is 0 Å². The van der Waals surface area contributed by atoms with Crippen LogP contribution in [-0.2, 0) is 38.0 Å². The minimum absolute atomic E-state index is 0.123. The Bertz CT molecular complexity index is 1690. The van der Waals surface area contributed by atoms with Crippen LogP contribution in [0.2, 0.25) is 0 Å². The topological polar surface area (TPSA) is 356 Å². The average Bonchev–Trinajstić information content (AvgIpc) is 0.944. The highest BCUT2D eigenvalue weighted by molar-refractivity contribution is 5.80. The van der Waals surface area contributed by atoms with Crippen LogP contribution in [0.5, 0.6) is 0 Å². The van der Waals surface area contributed by atoms with Crippen molar-refractivity contribution in [3.8, 4) is 0 Å². The molecule has 87 heavy (non-hydrogen) atoms. The summed E-state index contributed by atoms with van der Waals surface area (Å²) in [5.74, 6) is -1.55. The zero-order valence-corrected chi connectivity index (χ0v) is 53.6. The van der Waals surface area contributed by atoms with Crippen LogP contribution in [0.15, 0.2) is 0 Å². The van der Waals surface area contributed by atoms with Crippen LogP contribution in [-0.4, -0.2) is 216 Å². The Kier molecular flexibility index (Phi) is 43.9. The van der Waals surface area contributed by atoms with Crippen molar-refractivity contribution in [1.29, 1.82) is 0 Å². The monoisotopic (exact) mass is 1250 g/mol. The minimum Gasteiger partial charge on any atom is -0.394 e. The quantitative estimate of drug-likeness (QED) is 0.0328. The Labute approximate surface area is 521 Å². The predicted molar refractivity (Wildman–Crippen MR) is 329 cm³/mol. The first-order valence-electron chi connectivity index (χ1n) is 34.5. The second-order valence-electron chi connectivity index (χ2n) is 25.3. The molecule has 0 bridgehead atoms. The Hall–Kier alpha value is -1.78. The van der Waals surface area contributed by atoms with E-state index < -0.39 is 155 Å². The molecule has 2 amide bonds. The van der Waals surface area contributed by atoms with E-state index in [9.17, 15) is 70.9 Å². The maximum absolute atomic E-state index is 13.8. The summed E-state index contributed by atoms with van der Waals surface area (Å²) in [6.45, 7) is 2.29. The molecule has 0 aromatic heterocycles. The molecule has 0 aromatic carbocycles. The predicted octanol–water partition coefficient (Wildman–Crippen LogP) is 5.64. The fraction of sp³-hybridized carbons (Fsp3) is 0.969. The summed E-state index contributed by atoms with van der Waals surface area (Å²) in [4.78, 5) is 26.2. The molecule has 3 aliphatic heterocycles. The van der Waals surface area contributed by atoms with E-state index in [1.165, 1.54) is 154 Å². The molecule has 0 radical (unpaired) electrons. The summed E-state index contributed by atoms with van der Waals surface area (Å²) in [5, 5.41) is 136. The highest BCUT2D eigenvalue weighted by Crippen LogP contribution is 2.34. The zero-order chi connectivity index (χ0) is 63.8. The molecule has 3 heterocycles. The Morgan fingerprint density at radius 1 is 0.425 bits per heavy atom. The number of unbranched alkanes of at least 4 members (excludes halogenated alkanes) is 33. The van der Waals surface area contributed by atoms with Gasteiger partial charge in [-0.05, 0) is 12.8 Å². The van der Waals surface area contributed by atoms with E-state index in [1.54, 1.807) is 0 Å². The van der Waals surface area contributed by atoms with Gasteiger partial charge < -0.3 is 100 Å². The number of hydrogen-bond donors (Lipinski definition) is 14. The summed E-state index contributed by atoms with van der Waals surface area (Å²) in [6, 6.07) is -3.01. The maximum atomic E-state index is 13.8. The van der Waals surface area contributed by atoms with Crippen LogP contribution in [0.4, 0.5) is 0 Å². The van der Waals surface area contributed by atoms with Crippen molar-refractivity contribution < 1.29 is 99.3 Å². The van der Waals surface area contributed by atoms with Crippen LogP contribution in [0.1, 0.15) is 258 Å². The van der Waals surface area contributed by atoms with Crippen LogP contribution in [0.25, 0.3) is 0 Å². The highest BCUT2D eigenvalue weighted by atomic mass is 16.8. The molecule has 22 heteroatoms. The number of hydrogen-bond acceptors (Lipinski definition) is 20. The zero-order valence-electron chi connectivity index (χ0n) is 53.6. The number of aliphatic hydroxyl groups excluding tert-OH is 12. The molecule has 14 N–H and O–H groups in total. The molecular formula is C65H124N2O20. The van der Waals surface area contributed by atoms with Gasteiger partial charge in [-0.3, -0.25) is 9.59 Å². The highest BCUT2D eigenvalue weighted by Gasteiger charge is 2.55. The van der Waals surface area contributed by atoms with Crippen LogP contribution in [0.3, 0.4) is 0 Å². The van der Waals surface area contributed by atoms with E-state index in [2.05, 4.69) is 24.5 Å². The number of carbonyl (C=O) groups is 2. The average molecular weight is 1250 g/mol. The lowest BCUT2D eigenvalue weighted by Crippen LogP contribution is -2.69. The van der Waals surface area contributed by atoms with E-state index in [0.717, 1.165) is 64.7 Å². The Morgan fingerprint density at radius 3 is 1.20 bits per heavy atom. The summed E-state index contributed by atoms with van der Waals surface area (Å²) < 4.78 is 36.1. The molecule has 0 aliphatic carbocycles. The lowest BCUT2D eigenvalue weighted by Gasteiger charge is -2.49. The van der Waals surface area contributed by atoms with Gasteiger partial charge in [0.25, 0.3) is 0 Å². The van der Waals surface area contributed by atoms with Crippen molar-refractivity contribution in [3.05, 3.63) is 0 Å². The van der Waals surface area contributed by atoms with Crippen molar-refractivity contribution in [2.24, 2.45) is 0 Å². The SMILES string of the molecule is CCCCCCCCCCCCCCCCCCCCCCCC[C@@H](O)C(=O)N[C@@H](CO[C@H]1O[C@H](CO)[C@H](O)[C@H](O[C@H]2O[C@H](CO)[C@H](O)[C@H](O)[C@H]2NC(C)=O)[C@H]1O[C@H]1O[C@H](CO)[C@H](O)[C@H](O)[C@H]1O)[C@H](O)[C@H](O)CCCCCCCCCCCCCCC. The number of amides is 2. The number of carbonyl (C=O) groups excluding carboxylic acids is 2. The Morgan fingerprint density at radius 2 is 0.782 bits per heavy atom. The minimum atomic E-state index is -2.03. The molecule has 3 fully saturated rings. The molecule has 0 unspecified atom stereocenters. The molecule has 0 spiro atoms. The van der Waals surface area contributed by atoms with E-state index >= 15 is 0 Å². The second-order valence-corrected chi connectivity index (χ2v) is 25.3. The smallest absolute Gasteiger partial charge is 0.249 e. The van der Waals surface area contributed by atoms with Gasteiger partial charge in [-0.2, -0.15) is 0 Å². The molecule has 0 aromatic rings. The molecule has 514 valence electrons. The third-order valence-electron chi connectivity index (χ3n) is 17.8. The van der Waals surface area contributed by atoms with Gasteiger partial charge in [0.1, 0.15) is 85.4 Å². The molecule has 3 saturated heterocycles. The first-order chi connectivity index (χ1) is 42.0. The van der Waals surface area contributed by atoms with Crippen molar-refractivity contribution >= 4 is 11.8 Å². The molecule has 19 atom stereocenters. The van der Waals surface area contributed by atoms with Crippen molar-refractivity contribution in [3.63, 3.8) is 0 Å². The number of nitrogens with one attached hydrogen (secondary N) is 2. The fourth-order valence-electron chi connectivity index (χ4n) is 12.1. The summed E-state index contributed by atoms with van der Waals surface area (Å²) >= 11 is 0. The van der Waals surface area contributed by atoms with Crippen molar-refractivity contribution in [2.45, 2.75) is 375 Å². The normalized spacial score (nSPS) is 29.2. The maximum Gasteiger partial charge on any atom is 0.249 e. The first-order valence-corrected chi connectivity index (χ1v) is 34.5. The molecule has 3 aliphatic rings. The molecule has 22 nitrogen and oxygen atoms in total. The van der Waals surface area contributed by atoms with E-state index in [-0.39, 0.29) is 12.8 Å². The number of rotatable bonds is 52. The van der Waals surface area contributed by atoms with Crippen molar-refractivity contribution in [1.82, 2.24) is 10.6 Å². The van der Waals surface area contributed by atoms with Gasteiger partial charge in [0.15, 0.2) is 18.9 Å².